The van der Waals surface area contributed by atoms with Crippen molar-refractivity contribution in [2.75, 3.05) is 5.32 Å². The lowest BCUT2D eigenvalue weighted by Crippen LogP contribution is -2.12. The number of H-pyrrole nitrogens is 1. The molecule has 0 radical (unpaired) electrons. The molecule has 2 heterocycles. The summed E-state index contributed by atoms with van der Waals surface area (Å²) in [5.41, 5.74) is 2.96. The maximum Gasteiger partial charge on any atom is 0.275 e. The second-order valence-electron chi connectivity index (χ2n) is 4.42. The molecule has 3 aromatic rings. The molecule has 0 aliphatic heterocycles. The van der Waals surface area contributed by atoms with Crippen molar-refractivity contribution in [1.82, 2.24) is 15.2 Å². The average Bonchev–Trinajstić information content (AvgIpc) is 3.09. The number of halogens is 1. The maximum atomic E-state index is 12.1. The molecule has 3 rings (SSSR count). The summed E-state index contributed by atoms with van der Waals surface area (Å²) in [5, 5.41) is 12.1. The molecule has 0 fully saturated rings. The van der Waals surface area contributed by atoms with E-state index < -0.39 is 0 Å². The van der Waals surface area contributed by atoms with Crippen LogP contribution in [0.5, 0.6) is 0 Å². The van der Waals surface area contributed by atoms with E-state index in [1.807, 2.05) is 36.6 Å². The van der Waals surface area contributed by atoms with Crippen LogP contribution in [-0.2, 0) is 0 Å². The second-order valence-corrected chi connectivity index (χ2v) is 6.20. The van der Waals surface area contributed by atoms with E-state index >= 15 is 0 Å². The van der Waals surface area contributed by atoms with Crippen molar-refractivity contribution >= 4 is 38.3 Å². The molecular formula is C14H11BrN4OS. The third kappa shape index (κ3) is 3.20. The Kier molecular flexibility index (Phi) is 3.85. The van der Waals surface area contributed by atoms with E-state index in [1.54, 1.807) is 6.07 Å². The van der Waals surface area contributed by atoms with Gasteiger partial charge in [0.1, 0.15) is 5.69 Å². The largest absolute Gasteiger partial charge is 0.297 e. The number of hydrogen-bond donors (Lipinski definition) is 2. The van der Waals surface area contributed by atoms with Crippen LogP contribution in [0, 0.1) is 6.92 Å². The van der Waals surface area contributed by atoms with Gasteiger partial charge in [-0.05, 0) is 25.1 Å². The lowest BCUT2D eigenvalue weighted by atomic mass is 10.1. The highest BCUT2D eigenvalue weighted by atomic mass is 79.9. The molecule has 0 aliphatic carbocycles. The summed E-state index contributed by atoms with van der Waals surface area (Å²) in [6.45, 7) is 1.88. The number of aromatic amines is 1. The fraction of sp³-hybridized carbons (Fsp3) is 0.0714. The third-order valence-electron chi connectivity index (χ3n) is 2.80. The smallest absolute Gasteiger partial charge is 0.275 e. The number of thiazole rings is 1. The summed E-state index contributed by atoms with van der Waals surface area (Å²) in [6.07, 6.45) is 0. The van der Waals surface area contributed by atoms with Crippen LogP contribution in [0.2, 0.25) is 0 Å². The molecule has 1 amide bonds. The van der Waals surface area contributed by atoms with Gasteiger partial charge in [-0.2, -0.15) is 5.10 Å². The van der Waals surface area contributed by atoms with E-state index in [2.05, 4.69) is 36.4 Å². The van der Waals surface area contributed by atoms with Crippen LogP contribution in [0.15, 0.2) is 40.2 Å². The average molecular weight is 363 g/mol. The second kappa shape index (κ2) is 5.79. The van der Waals surface area contributed by atoms with Crippen LogP contribution < -0.4 is 5.32 Å². The topological polar surface area (TPSA) is 70.7 Å². The molecule has 0 saturated heterocycles. The van der Waals surface area contributed by atoms with E-state index in [9.17, 15) is 4.79 Å². The maximum absolute atomic E-state index is 12.1. The molecule has 2 aromatic heterocycles. The normalized spacial score (nSPS) is 10.6. The Balaban J connectivity index is 1.78. The number of anilines is 1. The first-order valence-corrected chi connectivity index (χ1v) is 7.84. The van der Waals surface area contributed by atoms with Gasteiger partial charge in [-0.15, -0.1) is 11.3 Å². The Morgan fingerprint density at radius 3 is 2.76 bits per heavy atom. The van der Waals surface area contributed by atoms with Crippen molar-refractivity contribution in [2.45, 2.75) is 6.92 Å². The van der Waals surface area contributed by atoms with Gasteiger partial charge >= 0.3 is 0 Å². The van der Waals surface area contributed by atoms with Gasteiger partial charge in [0.2, 0.25) is 0 Å². The SMILES string of the molecule is Cc1csc(NC(=O)c2cc(-c3ccc(Br)cc3)n[nH]2)n1. The Hall–Kier alpha value is -1.99. The highest BCUT2D eigenvalue weighted by Crippen LogP contribution is 2.21. The Morgan fingerprint density at radius 1 is 1.33 bits per heavy atom. The lowest BCUT2D eigenvalue weighted by Gasteiger charge is -1.97. The first-order valence-electron chi connectivity index (χ1n) is 6.16. The molecule has 5 nitrogen and oxygen atoms in total. The van der Waals surface area contributed by atoms with E-state index in [4.69, 9.17) is 0 Å². The fourth-order valence-corrected chi connectivity index (χ4v) is 2.73. The summed E-state index contributed by atoms with van der Waals surface area (Å²) in [5.74, 6) is -0.250. The highest BCUT2D eigenvalue weighted by molar-refractivity contribution is 9.10. The van der Waals surface area contributed by atoms with Crippen LogP contribution in [0.4, 0.5) is 5.13 Å². The predicted octanol–water partition coefficient (Wildman–Crippen LogP) is 3.86. The van der Waals surface area contributed by atoms with Gasteiger partial charge in [-0.3, -0.25) is 15.2 Å². The van der Waals surface area contributed by atoms with Gasteiger partial charge in [-0.25, -0.2) is 4.98 Å². The van der Waals surface area contributed by atoms with Crippen LogP contribution >= 0.6 is 27.3 Å². The predicted molar refractivity (Wildman–Crippen MR) is 86.5 cm³/mol. The minimum atomic E-state index is -0.250. The van der Waals surface area contributed by atoms with Crippen LogP contribution in [0.25, 0.3) is 11.3 Å². The molecule has 0 spiro atoms. The molecule has 0 bridgehead atoms. The number of aryl methyl sites for hydroxylation is 1. The van der Waals surface area contributed by atoms with Gasteiger partial charge < -0.3 is 0 Å². The lowest BCUT2D eigenvalue weighted by molar-refractivity contribution is 0.102. The number of benzene rings is 1. The molecule has 0 aliphatic rings. The van der Waals surface area contributed by atoms with Gasteiger partial charge in [0.05, 0.1) is 11.4 Å². The van der Waals surface area contributed by atoms with Crippen LogP contribution in [-0.4, -0.2) is 21.1 Å². The van der Waals surface area contributed by atoms with E-state index in [-0.39, 0.29) is 5.91 Å². The zero-order valence-corrected chi connectivity index (χ0v) is 13.5. The fourth-order valence-electron chi connectivity index (χ4n) is 1.78. The first-order chi connectivity index (χ1) is 10.1. The molecule has 21 heavy (non-hydrogen) atoms. The number of aromatic nitrogens is 3. The van der Waals surface area contributed by atoms with E-state index in [0.29, 0.717) is 10.8 Å². The van der Waals surface area contributed by atoms with Crippen molar-refractivity contribution in [3.8, 4) is 11.3 Å². The Morgan fingerprint density at radius 2 is 2.10 bits per heavy atom. The highest BCUT2D eigenvalue weighted by Gasteiger charge is 2.12. The van der Waals surface area contributed by atoms with Crippen molar-refractivity contribution in [1.29, 1.82) is 0 Å². The zero-order valence-electron chi connectivity index (χ0n) is 11.1. The van der Waals surface area contributed by atoms with Crippen LogP contribution in [0.1, 0.15) is 16.2 Å². The summed E-state index contributed by atoms with van der Waals surface area (Å²) >= 11 is 4.78. The molecule has 0 saturated carbocycles. The molecule has 0 atom stereocenters. The number of rotatable bonds is 3. The Bertz CT molecular complexity index is 778. The zero-order chi connectivity index (χ0) is 14.8. The molecule has 7 heteroatoms. The monoisotopic (exact) mass is 362 g/mol. The molecule has 1 aromatic carbocycles. The Labute approximate surface area is 133 Å². The standard InChI is InChI=1S/C14H11BrN4OS/c1-8-7-21-14(16-8)17-13(20)12-6-11(18-19-12)9-2-4-10(15)5-3-9/h2-7H,1H3,(H,18,19)(H,16,17,20). The quantitative estimate of drug-likeness (QED) is 0.743. The minimum absolute atomic E-state index is 0.250. The van der Waals surface area contributed by atoms with Crippen molar-refractivity contribution in [2.24, 2.45) is 0 Å². The molecular weight excluding hydrogens is 352 g/mol. The minimum Gasteiger partial charge on any atom is -0.297 e. The van der Waals surface area contributed by atoms with E-state index in [1.165, 1.54) is 11.3 Å². The number of nitrogens with zero attached hydrogens (tertiary/aromatic N) is 2. The number of hydrogen-bond acceptors (Lipinski definition) is 4. The van der Waals surface area contributed by atoms with E-state index in [0.717, 1.165) is 21.4 Å². The van der Waals surface area contributed by atoms with Gasteiger partial charge in [0, 0.05) is 15.4 Å². The number of carbonyl (C=O) groups excluding carboxylic acids is 1. The summed E-state index contributed by atoms with van der Waals surface area (Å²) in [7, 11) is 0. The number of amides is 1. The summed E-state index contributed by atoms with van der Waals surface area (Å²) in [6, 6.07) is 9.46. The number of nitrogens with one attached hydrogen (secondary N) is 2. The van der Waals surface area contributed by atoms with Crippen molar-refractivity contribution < 1.29 is 4.79 Å². The number of carbonyl (C=O) groups is 1. The molecule has 106 valence electrons. The summed E-state index contributed by atoms with van der Waals surface area (Å²) < 4.78 is 0.999. The van der Waals surface area contributed by atoms with Gasteiger partial charge in [0.15, 0.2) is 5.13 Å². The van der Waals surface area contributed by atoms with Crippen molar-refractivity contribution in [3.63, 3.8) is 0 Å². The third-order valence-corrected chi connectivity index (χ3v) is 4.21. The van der Waals surface area contributed by atoms with Crippen LogP contribution in [0.3, 0.4) is 0 Å². The molecule has 2 N–H and O–H groups in total. The van der Waals surface area contributed by atoms with Gasteiger partial charge in [0.25, 0.3) is 5.91 Å². The first kappa shape index (κ1) is 14.0. The van der Waals surface area contributed by atoms with Gasteiger partial charge in [-0.1, -0.05) is 28.1 Å². The van der Waals surface area contributed by atoms with Crippen molar-refractivity contribution in [3.05, 3.63) is 51.6 Å². The summed E-state index contributed by atoms with van der Waals surface area (Å²) in [4.78, 5) is 16.3. The molecule has 0 unspecified atom stereocenters.